The van der Waals surface area contributed by atoms with Gasteiger partial charge in [0.2, 0.25) is 0 Å². The zero-order valence-electron chi connectivity index (χ0n) is 14.4. The van der Waals surface area contributed by atoms with Crippen LogP contribution in [0.2, 0.25) is 0 Å². The van der Waals surface area contributed by atoms with Crippen LogP contribution in [-0.2, 0) is 13.1 Å². The van der Waals surface area contributed by atoms with Crippen molar-refractivity contribution in [3.05, 3.63) is 57.7 Å². The zero-order valence-corrected chi connectivity index (χ0v) is 16.1. The van der Waals surface area contributed by atoms with Crippen LogP contribution in [0.4, 0.5) is 0 Å². The Morgan fingerprint density at radius 1 is 1.12 bits per heavy atom. The fourth-order valence-electron chi connectivity index (χ4n) is 2.88. The van der Waals surface area contributed by atoms with E-state index in [1.54, 1.807) is 11.3 Å². The summed E-state index contributed by atoms with van der Waals surface area (Å²) in [7, 11) is 2.13. The average molecular weight is 370 g/mol. The van der Waals surface area contributed by atoms with Gasteiger partial charge in [-0.2, -0.15) is 0 Å². The minimum atomic E-state index is 0.818. The molecule has 25 heavy (non-hydrogen) atoms. The lowest BCUT2D eigenvalue weighted by Crippen LogP contribution is -2.18. The first-order valence-electron chi connectivity index (χ1n) is 8.09. The molecule has 0 aliphatic carbocycles. The lowest BCUT2D eigenvalue weighted by Gasteiger charge is -2.16. The van der Waals surface area contributed by atoms with Crippen molar-refractivity contribution in [1.29, 1.82) is 0 Å². The van der Waals surface area contributed by atoms with Crippen molar-refractivity contribution in [3.63, 3.8) is 0 Å². The Labute approximate surface area is 154 Å². The smallest absolute Gasteiger partial charge is 0.194 e. The molecule has 0 fully saturated rings. The Kier molecular flexibility index (Phi) is 4.37. The van der Waals surface area contributed by atoms with Crippen molar-refractivity contribution in [1.82, 2.24) is 23.9 Å². The molecule has 0 amide bonds. The molecule has 0 saturated carbocycles. The van der Waals surface area contributed by atoms with Crippen LogP contribution in [0.25, 0.3) is 16.2 Å². The molecule has 0 saturated heterocycles. The highest BCUT2D eigenvalue weighted by Gasteiger charge is 2.17. The third-order valence-corrected chi connectivity index (χ3v) is 5.83. The van der Waals surface area contributed by atoms with Gasteiger partial charge < -0.3 is 0 Å². The first-order chi connectivity index (χ1) is 12.1. The molecule has 3 heterocycles. The van der Waals surface area contributed by atoms with E-state index < -0.39 is 0 Å². The Morgan fingerprint density at radius 2 is 1.92 bits per heavy atom. The fourth-order valence-corrected chi connectivity index (χ4v) is 4.32. The standard InChI is InChI=1S/C18H19N5S2/c1-12-4-6-14(7-5-12)17-15(23-8-9-24-18(23)19-17)10-22(3)11-16-13(2)20-21-25-16/h4-9H,10-11H2,1-3H3. The molecule has 0 aliphatic rings. The third kappa shape index (κ3) is 3.22. The summed E-state index contributed by atoms with van der Waals surface area (Å²) in [6, 6.07) is 8.59. The number of benzene rings is 1. The van der Waals surface area contributed by atoms with E-state index >= 15 is 0 Å². The highest BCUT2D eigenvalue weighted by atomic mass is 32.1. The number of thiazole rings is 1. The molecule has 0 N–H and O–H groups in total. The number of nitrogens with zero attached hydrogens (tertiary/aromatic N) is 5. The second-order valence-electron chi connectivity index (χ2n) is 6.28. The van der Waals surface area contributed by atoms with Crippen molar-refractivity contribution in [2.75, 3.05) is 7.05 Å². The number of hydrogen-bond donors (Lipinski definition) is 0. The van der Waals surface area contributed by atoms with Crippen molar-refractivity contribution in [2.45, 2.75) is 26.9 Å². The molecule has 0 unspecified atom stereocenters. The van der Waals surface area contributed by atoms with Crippen molar-refractivity contribution in [3.8, 4) is 11.3 Å². The molecule has 0 spiro atoms. The summed E-state index contributed by atoms with van der Waals surface area (Å²) in [6.45, 7) is 5.78. The summed E-state index contributed by atoms with van der Waals surface area (Å²) >= 11 is 3.15. The normalized spacial score (nSPS) is 11.7. The second-order valence-corrected chi connectivity index (χ2v) is 7.99. The van der Waals surface area contributed by atoms with E-state index in [1.165, 1.54) is 33.2 Å². The van der Waals surface area contributed by atoms with Gasteiger partial charge in [-0.25, -0.2) is 4.98 Å². The van der Waals surface area contributed by atoms with Crippen LogP contribution in [0.5, 0.6) is 0 Å². The predicted octanol–water partition coefficient (Wildman–Crippen LogP) is 4.16. The number of rotatable bonds is 5. The Hall–Kier alpha value is -2.09. The first kappa shape index (κ1) is 16.4. The molecule has 0 radical (unpaired) electrons. The maximum Gasteiger partial charge on any atom is 0.194 e. The molecule has 1 aromatic carbocycles. The fraction of sp³-hybridized carbons (Fsp3) is 0.278. The molecule has 3 aromatic heterocycles. The number of imidazole rings is 1. The third-order valence-electron chi connectivity index (χ3n) is 4.26. The van der Waals surface area contributed by atoms with E-state index in [9.17, 15) is 0 Å². The minimum Gasteiger partial charge on any atom is -0.295 e. The van der Waals surface area contributed by atoms with Crippen LogP contribution in [0, 0.1) is 13.8 Å². The largest absolute Gasteiger partial charge is 0.295 e. The van der Waals surface area contributed by atoms with Gasteiger partial charge in [-0.3, -0.25) is 9.30 Å². The van der Waals surface area contributed by atoms with E-state index in [-0.39, 0.29) is 0 Å². The van der Waals surface area contributed by atoms with Crippen molar-refractivity contribution < 1.29 is 0 Å². The molecule has 0 atom stereocenters. The lowest BCUT2D eigenvalue weighted by atomic mass is 10.1. The van der Waals surface area contributed by atoms with E-state index in [0.717, 1.165) is 29.4 Å². The van der Waals surface area contributed by atoms with E-state index in [2.05, 4.69) is 68.7 Å². The zero-order chi connectivity index (χ0) is 17.4. The Bertz CT molecular complexity index is 996. The maximum absolute atomic E-state index is 4.87. The summed E-state index contributed by atoms with van der Waals surface area (Å²) in [5.41, 5.74) is 5.73. The van der Waals surface area contributed by atoms with Crippen LogP contribution in [0.1, 0.15) is 21.8 Å². The molecule has 128 valence electrons. The van der Waals surface area contributed by atoms with Gasteiger partial charge in [0.05, 0.1) is 22.0 Å². The second kappa shape index (κ2) is 6.67. The predicted molar refractivity (Wildman–Crippen MR) is 103 cm³/mol. The van der Waals surface area contributed by atoms with Crippen LogP contribution in [0.15, 0.2) is 35.8 Å². The number of aromatic nitrogens is 4. The summed E-state index contributed by atoms with van der Waals surface area (Å²) in [5.74, 6) is 0. The summed E-state index contributed by atoms with van der Waals surface area (Å²) in [5, 5.41) is 6.19. The SMILES string of the molecule is Cc1ccc(-c2nc3sccn3c2CN(C)Cc2snnc2C)cc1. The van der Waals surface area contributed by atoms with Crippen LogP contribution < -0.4 is 0 Å². The Balaban J connectivity index is 1.67. The summed E-state index contributed by atoms with van der Waals surface area (Å²) in [6.07, 6.45) is 2.10. The number of aryl methyl sites for hydroxylation is 2. The molecule has 5 nitrogen and oxygen atoms in total. The van der Waals surface area contributed by atoms with Crippen LogP contribution in [-0.4, -0.2) is 30.9 Å². The summed E-state index contributed by atoms with van der Waals surface area (Å²) in [4.78, 5) is 9.42. The minimum absolute atomic E-state index is 0.818. The van der Waals surface area contributed by atoms with Gasteiger partial charge >= 0.3 is 0 Å². The van der Waals surface area contributed by atoms with Gasteiger partial charge in [-0.15, -0.1) is 16.4 Å². The average Bonchev–Trinajstić information content (AvgIpc) is 3.27. The van der Waals surface area contributed by atoms with Gasteiger partial charge in [-0.05, 0) is 32.4 Å². The molecule has 0 bridgehead atoms. The van der Waals surface area contributed by atoms with Crippen molar-refractivity contribution >= 4 is 27.8 Å². The highest BCUT2D eigenvalue weighted by Crippen LogP contribution is 2.28. The molecular formula is C18H19N5S2. The monoisotopic (exact) mass is 369 g/mol. The number of hydrogen-bond acceptors (Lipinski definition) is 6. The highest BCUT2D eigenvalue weighted by molar-refractivity contribution is 7.15. The van der Waals surface area contributed by atoms with E-state index in [1.807, 2.05) is 6.92 Å². The summed E-state index contributed by atoms with van der Waals surface area (Å²) < 4.78 is 6.24. The molecule has 4 aromatic rings. The van der Waals surface area contributed by atoms with Gasteiger partial charge in [0, 0.05) is 30.2 Å². The quantitative estimate of drug-likeness (QED) is 0.530. The van der Waals surface area contributed by atoms with Crippen molar-refractivity contribution in [2.24, 2.45) is 0 Å². The maximum atomic E-state index is 4.87. The molecule has 0 aliphatic heterocycles. The lowest BCUT2D eigenvalue weighted by molar-refractivity contribution is 0.317. The molecular weight excluding hydrogens is 350 g/mol. The van der Waals surface area contributed by atoms with Gasteiger partial charge in [0.1, 0.15) is 0 Å². The Morgan fingerprint density at radius 3 is 2.64 bits per heavy atom. The molecule has 7 heteroatoms. The van der Waals surface area contributed by atoms with E-state index in [4.69, 9.17) is 4.98 Å². The van der Waals surface area contributed by atoms with Crippen LogP contribution in [0.3, 0.4) is 0 Å². The van der Waals surface area contributed by atoms with Gasteiger partial charge in [0.25, 0.3) is 0 Å². The molecule has 4 rings (SSSR count). The van der Waals surface area contributed by atoms with E-state index in [0.29, 0.717) is 0 Å². The topological polar surface area (TPSA) is 46.3 Å². The van der Waals surface area contributed by atoms with Gasteiger partial charge in [-0.1, -0.05) is 34.3 Å². The van der Waals surface area contributed by atoms with Gasteiger partial charge in [0.15, 0.2) is 4.96 Å². The number of fused-ring (bicyclic) bond motifs is 1. The van der Waals surface area contributed by atoms with Crippen LogP contribution >= 0.6 is 22.9 Å². The first-order valence-corrected chi connectivity index (χ1v) is 9.75.